The number of thiocarbonyl (C=S) groups is 1. The molecular formula is C10H14N2O2S. The van der Waals surface area contributed by atoms with Gasteiger partial charge in [-0.1, -0.05) is 12.2 Å². The lowest BCUT2D eigenvalue weighted by Crippen LogP contribution is -2.23. The number of aromatic nitrogens is 1. The number of nitrogens with two attached hydrogens (primary N) is 1. The minimum Gasteiger partial charge on any atom is -0.488 e. The van der Waals surface area contributed by atoms with Crippen LogP contribution >= 0.6 is 12.2 Å². The van der Waals surface area contributed by atoms with Crippen LogP contribution in [0.3, 0.4) is 0 Å². The summed E-state index contributed by atoms with van der Waals surface area (Å²) in [6.45, 7) is 2.81. The summed E-state index contributed by atoms with van der Waals surface area (Å²) in [4.78, 5) is 12.1. The Labute approximate surface area is 93.7 Å². The number of rotatable bonds is 5. The smallest absolute Gasteiger partial charge is 0.292 e. The van der Waals surface area contributed by atoms with Gasteiger partial charge in [-0.05, 0) is 19.1 Å². The van der Waals surface area contributed by atoms with E-state index in [0.29, 0.717) is 30.3 Å². The molecule has 0 fully saturated rings. The van der Waals surface area contributed by atoms with Crippen molar-refractivity contribution in [1.29, 1.82) is 0 Å². The summed E-state index contributed by atoms with van der Waals surface area (Å²) in [6.07, 6.45) is 2.22. The molecule has 0 aliphatic heterocycles. The normalized spacial score (nSPS) is 9.93. The highest BCUT2D eigenvalue weighted by Gasteiger charge is 2.03. The first-order chi connectivity index (χ1) is 7.15. The van der Waals surface area contributed by atoms with Crippen LogP contribution in [0.25, 0.3) is 0 Å². The molecule has 4 nitrogen and oxygen atoms in total. The van der Waals surface area contributed by atoms with Crippen molar-refractivity contribution in [2.75, 3.05) is 6.61 Å². The van der Waals surface area contributed by atoms with Crippen LogP contribution in [0.5, 0.6) is 5.75 Å². The van der Waals surface area contributed by atoms with Crippen LogP contribution in [-0.2, 0) is 6.54 Å². The van der Waals surface area contributed by atoms with Crippen LogP contribution in [-0.4, -0.2) is 16.2 Å². The van der Waals surface area contributed by atoms with E-state index in [0.717, 1.165) is 0 Å². The van der Waals surface area contributed by atoms with Crippen LogP contribution in [0.15, 0.2) is 23.1 Å². The van der Waals surface area contributed by atoms with E-state index in [-0.39, 0.29) is 5.56 Å². The molecule has 5 heteroatoms. The minimum atomic E-state index is -0.143. The third-order valence-corrected chi connectivity index (χ3v) is 2.09. The fourth-order valence-electron chi connectivity index (χ4n) is 1.19. The van der Waals surface area contributed by atoms with Crippen molar-refractivity contribution < 1.29 is 4.74 Å². The van der Waals surface area contributed by atoms with Crippen molar-refractivity contribution in [1.82, 2.24) is 4.57 Å². The topological polar surface area (TPSA) is 57.2 Å². The zero-order valence-electron chi connectivity index (χ0n) is 8.60. The van der Waals surface area contributed by atoms with Crippen LogP contribution in [0.4, 0.5) is 0 Å². The summed E-state index contributed by atoms with van der Waals surface area (Å²) < 4.78 is 6.73. The molecule has 0 bridgehead atoms. The van der Waals surface area contributed by atoms with E-state index in [1.165, 1.54) is 0 Å². The van der Waals surface area contributed by atoms with Crippen molar-refractivity contribution in [3.8, 4) is 5.75 Å². The fourth-order valence-corrected chi connectivity index (χ4v) is 1.28. The Morgan fingerprint density at radius 3 is 3.00 bits per heavy atom. The summed E-state index contributed by atoms with van der Waals surface area (Å²) in [5.41, 5.74) is 5.23. The second-order valence-electron chi connectivity index (χ2n) is 3.02. The van der Waals surface area contributed by atoms with Crippen molar-refractivity contribution in [3.05, 3.63) is 28.7 Å². The van der Waals surface area contributed by atoms with Gasteiger partial charge in [0.15, 0.2) is 5.75 Å². The Morgan fingerprint density at radius 2 is 2.40 bits per heavy atom. The second kappa shape index (κ2) is 5.50. The molecule has 1 aromatic heterocycles. The molecule has 15 heavy (non-hydrogen) atoms. The predicted molar refractivity (Wildman–Crippen MR) is 63.3 cm³/mol. The van der Waals surface area contributed by atoms with E-state index in [9.17, 15) is 4.79 Å². The standard InChI is InChI=1S/C10H14N2O2S/c1-2-14-8-4-3-6-12(10(8)13)7-5-9(11)15/h3-4,6H,2,5,7H2,1H3,(H2,11,15). The molecule has 1 heterocycles. The quantitative estimate of drug-likeness (QED) is 0.759. The Bertz CT molecular complexity index is 401. The minimum absolute atomic E-state index is 0.143. The largest absolute Gasteiger partial charge is 0.488 e. The molecule has 82 valence electrons. The van der Waals surface area contributed by atoms with Gasteiger partial charge in [0, 0.05) is 19.2 Å². The zero-order valence-corrected chi connectivity index (χ0v) is 9.42. The molecule has 0 aliphatic carbocycles. The molecule has 0 atom stereocenters. The third-order valence-electron chi connectivity index (χ3n) is 1.88. The van der Waals surface area contributed by atoms with E-state index >= 15 is 0 Å². The highest BCUT2D eigenvalue weighted by molar-refractivity contribution is 7.80. The molecule has 0 radical (unpaired) electrons. The maximum Gasteiger partial charge on any atom is 0.292 e. The molecule has 0 aromatic carbocycles. The fraction of sp³-hybridized carbons (Fsp3) is 0.400. The first-order valence-electron chi connectivity index (χ1n) is 4.75. The monoisotopic (exact) mass is 226 g/mol. The third kappa shape index (κ3) is 3.36. The van der Waals surface area contributed by atoms with Crippen molar-refractivity contribution in [3.63, 3.8) is 0 Å². The summed E-state index contributed by atoms with van der Waals surface area (Å²) in [7, 11) is 0. The first-order valence-corrected chi connectivity index (χ1v) is 5.16. The van der Waals surface area contributed by atoms with E-state index in [4.69, 9.17) is 22.7 Å². The van der Waals surface area contributed by atoms with E-state index in [1.54, 1.807) is 22.9 Å². The van der Waals surface area contributed by atoms with Gasteiger partial charge < -0.3 is 15.0 Å². The average Bonchev–Trinajstić information content (AvgIpc) is 2.19. The Kier molecular flexibility index (Phi) is 4.30. The Balaban J connectivity index is 2.84. The molecule has 0 unspecified atom stereocenters. The van der Waals surface area contributed by atoms with Crippen LogP contribution < -0.4 is 16.0 Å². The van der Waals surface area contributed by atoms with E-state index in [2.05, 4.69) is 0 Å². The van der Waals surface area contributed by atoms with Crippen LogP contribution in [0.1, 0.15) is 13.3 Å². The molecule has 0 saturated heterocycles. The molecule has 0 saturated carbocycles. The summed E-state index contributed by atoms with van der Waals surface area (Å²) in [5, 5.41) is 0. The Morgan fingerprint density at radius 1 is 1.67 bits per heavy atom. The lowest BCUT2D eigenvalue weighted by Gasteiger charge is -2.07. The number of hydrogen-bond donors (Lipinski definition) is 1. The van der Waals surface area contributed by atoms with Gasteiger partial charge in [0.25, 0.3) is 5.56 Å². The number of pyridine rings is 1. The summed E-state index contributed by atoms with van der Waals surface area (Å²) in [5.74, 6) is 0.364. The van der Waals surface area contributed by atoms with Crippen LogP contribution in [0.2, 0.25) is 0 Å². The van der Waals surface area contributed by atoms with Gasteiger partial charge in [0.1, 0.15) is 0 Å². The van der Waals surface area contributed by atoms with Gasteiger partial charge in [-0.25, -0.2) is 0 Å². The number of aryl methyl sites for hydroxylation is 1. The number of nitrogens with zero attached hydrogens (tertiary/aromatic N) is 1. The lowest BCUT2D eigenvalue weighted by molar-refractivity contribution is 0.332. The summed E-state index contributed by atoms with van der Waals surface area (Å²) in [6, 6.07) is 3.43. The lowest BCUT2D eigenvalue weighted by atomic mass is 10.4. The van der Waals surface area contributed by atoms with Gasteiger partial charge in [-0.3, -0.25) is 4.79 Å². The van der Waals surface area contributed by atoms with E-state index in [1.807, 2.05) is 6.92 Å². The van der Waals surface area contributed by atoms with Gasteiger partial charge in [-0.15, -0.1) is 0 Å². The van der Waals surface area contributed by atoms with Gasteiger partial charge in [0.2, 0.25) is 0 Å². The average molecular weight is 226 g/mol. The van der Waals surface area contributed by atoms with Gasteiger partial charge >= 0.3 is 0 Å². The number of hydrogen-bond acceptors (Lipinski definition) is 3. The molecule has 0 spiro atoms. The predicted octanol–water partition coefficient (Wildman–Crippen LogP) is 0.923. The SMILES string of the molecule is CCOc1cccn(CCC(N)=S)c1=O. The zero-order chi connectivity index (χ0) is 11.3. The molecule has 0 aliphatic rings. The van der Waals surface area contributed by atoms with Gasteiger partial charge in [-0.2, -0.15) is 0 Å². The van der Waals surface area contributed by atoms with Crippen molar-refractivity contribution >= 4 is 17.2 Å². The molecule has 1 aromatic rings. The molecule has 2 N–H and O–H groups in total. The maximum absolute atomic E-state index is 11.7. The first kappa shape index (κ1) is 11.7. The highest BCUT2D eigenvalue weighted by Crippen LogP contribution is 2.01. The number of ether oxygens (including phenoxy) is 1. The Hall–Kier alpha value is -1.36. The van der Waals surface area contributed by atoms with Crippen molar-refractivity contribution in [2.45, 2.75) is 19.9 Å². The van der Waals surface area contributed by atoms with Gasteiger partial charge in [0.05, 0.1) is 11.6 Å². The van der Waals surface area contributed by atoms with Crippen LogP contribution in [0, 0.1) is 0 Å². The second-order valence-corrected chi connectivity index (χ2v) is 3.54. The summed E-state index contributed by atoms with van der Waals surface area (Å²) >= 11 is 4.75. The molecular weight excluding hydrogens is 212 g/mol. The maximum atomic E-state index is 11.7. The highest BCUT2D eigenvalue weighted by atomic mass is 32.1. The van der Waals surface area contributed by atoms with E-state index < -0.39 is 0 Å². The van der Waals surface area contributed by atoms with Crippen molar-refractivity contribution in [2.24, 2.45) is 5.73 Å². The molecule has 1 rings (SSSR count). The molecule has 0 amide bonds.